The van der Waals surface area contributed by atoms with Crippen molar-refractivity contribution in [1.29, 1.82) is 0 Å². The van der Waals surface area contributed by atoms with Crippen molar-refractivity contribution >= 4 is 11.6 Å². The SMILES string of the molecule is Clc1cccc2c1C(COc1ccc3c(c1)OCCO3)c1nccn1-2. The highest BCUT2D eigenvalue weighted by Crippen LogP contribution is 2.41. The summed E-state index contributed by atoms with van der Waals surface area (Å²) in [6.07, 6.45) is 3.75. The molecule has 0 fully saturated rings. The number of ether oxygens (including phenoxy) is 3. The number of hydrogen-bond acceptors (Lipinski definition) is 4. The Hall–Kier alpha value is -2.66. The average Bonchev–Trinajstić information content (AvgIpc) is 3.22. The van der Waals surface area contributed by atoms with Crippen LogP contribution in [0.5, 0.6) is 17.2 Å². The molecular weight excluding hydrogens is 340 g/mol. The fourth-order valence-corrected chi connectivity index (χ4v) is 3.74. The van der Waals surface area contributed by atoms with Gasteiger partial charge in [0.05, 0.1) is 11.6 Å². The first-order valence-electron chi connectivity index (χ1n) is 8.16. The predicted molar refractivity (Wildman–Crippen MR) is 93.3 cm³/mol. The minimum absolute atomic E-state index is 0.00750. The van der Waals surface area contributed by atoms with E-state index in [0.717, 1.165) is 39.3 Å². The molecule has 0 N–H and O–H groups in total. The summed E-state index contributed by atoms with van der Waals surface area (Å²) < 4.78 is 19.3. The van der Waals surface area contributed by atoms with E-state index in [-0.39, 0.29) is 5.92 Å². The molecule has 0 radical (unpaired) electrons. The molecule has 3 heterocycles. The van der Waals surface area contributed by atoms with E-state index in [9.17, 15) is 0 Å². The largest absolute Gasteiger partial charge is 0.492 e. The minimum Gasteiger partial charge on any atom is -0.492 e. The molecule has 0 bridgehead atoms. The molecule has 0 spiro atoms. The summed E-state index contributed by atoms with van der Waals surface area (Å²) in [7, 11) is 0. The van der Waals surface area contributed by atoms with E-state index in [0.29, 0.717) is 19.8 Å². The maximum Gasteiger partial charge on any atom is 0.165 e. The normalized spacial score (nSPS) is 17.1. The zero-order valence-electron chi connectivity index (χ0n) is 13.3. The molecule has 1 unspecified atom stereocenters. The highest BCUT2D eigenvalue weighted by Gasteiger charge is 2.32. The van der Waals surface area contributed by atoms with Crippen LogP contribution in [0.15, 0.2) is 48.8 Å². The molecule has 0 saturated heterocycles. The van der Waals surface area contributed by atoms with Gasteiger partial charge in [-0.15, -0.1) is 0 Å². The van der Waals surface area contributed by atoms with E-state index < -0.39 is 0 Å². The zero-order valence-corrected chi connectivity index (χ0v) is 14.1. The van der Waals surface area contributed by atoms with Gasteiger partial charge >= 0.3 is 0 Å². The molecule has 2 aliphatic heterocycles. The van der Waals surface area contributed by atoms with Gasteiger partial charge in [-0.3, -0.25) is 0 Å². The van der Waals surface area contributed by atoms with Crippen molar-refractivity contribution in [2.24, 2.45) is 0 Å². The number of halogens is 1. The van der Waals surface area contributed by atoms with Crippen molar-refractivity contribution in [3.05, 3.63) is 65.2 Å². The number of nitrogens with zero attached hydrogens (tertiary/aromatic N) is 2. The van der Waals surface area contributed by atoms with E-state index in [2.05, 4.69) is 15.6 Å². The molecule has 5 rings (SSSR count). The molecule has 6 heteroatoms. The quantitative estimate of drug-likeness (QED) is 0.717. The molecule has 25 heavy (non-hydrogen) atoms. The average molecular weight is 355 g/mol. The van der Waals surface area contributed by atoms with E-state index in [4.69, 9.17) is 25.8 Å². The third-order valence-electron chi connectivity index (χ3n) is 4.55. The second-order valence-electron chi connectivity index (χ2n) is 6.00. The Morgan fingerprint density at radius 3 is 2.96 bits per heavy atom. The van der Waals surface area contributed by atoms with Crippen LogP contribution in [0.3, 0.4) is 0 Å². The Kier molecular flexibility index (Phi) is 3.35. The Labute approximate surface area is 149 Å². The summed E-state index contributed by atoms with van der Waals surface area (Å²) in [6.45, 7) is 1.58. The number of aromatic nitrogens is 2. The Morgan fingerprint density at radius 1 is 1.16 bits per heavy atom. The topological polar surface area (TPSA) is 45.5 Å². The smallest absolute Gasteiger partial charge is 0.165 e. The predicted octanol–water partition coefficient (Wildman–Crippen LogP) is 3.82. The van der Waals surface area contributed by atoms with Gasteiger partial charge in [-0.05, 0) is 24.3 Å². The molecule has 1 atom stereocenters. The third-order valence-corrected chi connectivity index (χ3v) is 4.88. The lowest BCUT2D eigenvalue weighted by atomic mass is 10.0. The van der Waals surface area contributed by atoms with Crippen molar-refractivity contribution in [2.45, 2.75) is 5.92 Å². The first-order chi connectivity index (χ1) is 12.3. The number of hydrogen-bond donors (Lipinski definition) is 0. The summed E-state index contributed by atoms with van der Waals surface area (Å²) in [4.78, 5) is 4.50. The van der Waals surface area contributed by atoms with Crippen LogP contribution in [0.2, 0.25) is 5.02 Å². The summed E-state index contributed by atoms with van der Waals surface area (Å²) in [5.41, 5.74) is 2.13. The van der Waals surface area contributed by atoms with Crippen LogP contribution < -0.4 is 14.2 Å². The zero-order chi connectivity index (χ0) is 16.8. The van der Waals surface area contributed by atoms with Gasteiger partial charge in [0.1, 0.15) is 31.4 Å². The van der Waals surface area contributed by atoms with Crippen LogP contribution in [0.1, 0.15) is 17.3 Å². The van der Waals surface area contributed by atoms with E-state index in [1.54, 1.807) is 6.20 Å². The van der Waals surface area contributed by atoms with Crippen molar-refractivity contribution in [2.75, 3.05) is 19.8 Å². The molecular formula is C19H15ClN2O3. The second kappa shape index (κ2) is 5.70. The highest BCUT2D eigenvalue weighted by molar-refractivity contribution is 6.31. The number of imidazole rings is 1. The van der Waals surface area contributed by atoms with Crippen LogP contribution in [0.25, 0.3) is 5.69 Å². The van der Waals surface area contributed by atoms with Gasteiger partial charge in [-0.1, -0.05) is 17.7 Å². The first-order valence-corrected chi connectivity index (χ1v) is 8.53. The maximum absolute atomic E-state index is 6.45. The van der Waals surface area contributed by atoms with Crippen LogP contribution in [0, 0.1) is 0 Å². The Bertz CT molecular complexity index is 954. The summed E-state index contributed by atoms with van der Waals surface area (Å²) >= 11 is 6.45. The van der Waals surface area contributed by atoms with Gasteiger partial charge < -0.3 is 18.8 Å². The summed E-state index contributed by atoms with van der Waals surface area (Å²) in [5.74, 6) is 3.15. The van der Waals surface area contributed by atoms with Crippen LogP contribution >= 0.6 is 11.6 Å². The standard InChI is InChI=1S/C19H15ClN2O3/c20-14-2-1-3-15-18(14)13(19-21-6-7-22(15)19)11-25-12-4-5-16-17(10-12)24-9-8-23-16/h1-7,10,13H,8-9,11H2. The molecule has 1 aromatic heterocycles. The molecule has 0 saturated carbocycles. The van der Waals surface area contributed by atoms with Crippen LogP contribution in [-0.4, -0.2) is 29.4 Å². The lowest BCUT2D eigenvalue weighted by Gasteiger charge is -2.19. The van der Waals surface area contributed by atoms with Crippen LogP contribution in [-0.2, 0) is 0 Å². The summed E-state index contributed by atoms with van der Waals surface area (Å²) in [6, 6.07) is 11.5. The van der Waals surface area contributed by atoms with Crippen molar-refractivity contribution in [1.82, 2.24) is 9.55 Å². The van der Waals surface area contributed by atoms with Gasteiger partial charge in [0, 0.05) is 29.0 Å². The third kappa shape index (κ3) is 2.35. The summed E-state index contributed by atoms with van der Waals surface area (Å²) in [5, 5.41) is 0.735. The molecule has 5 nitrogen and oxygen atoms in total. The first kappa shape index (κ1) is 14.7. The van der Waals surface area contributed by atoms with Gasteiger partial charge in [0.2, 0.25) is 0 Å². The van der Waals surface area contributed by atoms with Crippen molar-refractivity contribution in [3.63, 3.8) is 0 Å². The lowest BCUT2D eigenvalue weighted by Crippen LogP contribution is -2.15. The fourth-order valence-electron chi connectivity index (χ4n) is 3.44. The molecule has 0 amide bonds. The Balaban J connectivity index is 1.44. The van der Waals surface area contributed by atoms with Gasteiger partial charge in [-0.2, -0.15) is 0 Å². The van der Waals surface area contributed by atoms with Gasteiger partial charge in [0.25, 0.3) is 0 Å². The number of rotatable bonds is 3. The molecule has 2 aromatic carbocycles. The van der Waals surface area contributed by atoms with Crippen LogP contribution in [0.4, 0.5) is 0 Å². The van der Waals surface area contributed by atoms with Gasteiger partial charge in [0.15, 0.2) is 11.5 Å². The fraction of sp³-hybridized carbons (Fsp3) is 0.211. The lowest BCUT2D eigenvalue weighted by molar-refractivity contribution is 0.170. The Morgan fingerprint density at radius 2 is 2.04 bits per heavy atom. The van der Waals surface area contributed by atoms with E-state index in [1.807, 2.05) is 36.5 Å². The molecule has 2 aliphatic rings. The molecule has 0 aliphatic carbocycles. The van der Waals surface area contributed by atoms with Gasteiger partial charge in [-0.25, -0.2) is 4.98 Å². The number of benzene rings is 2. The monoisotopic (exact) mass is 354 g/mol. The molecule has 126 valence electrons. The highest BCUT2D eigenvalue weighted by atomic mass is 35.5. The second-order valence-corrected chi connectivity index (χ2v) is 6.40. The van der Waals surface area contributed by atoms with E-state index >= 15 is 0 Å². The van der Waals surface area contributed by atoms with Crippen molar-refractivity contribution < 1.29 is 14.2 Å². The maximum atomic E-state index is 6.45. The van der Waals surface area contributed by atoms with E-state index in [1.165, 1.54) is 0 Å². The number of fused-ring (bicyclic) bond motifs is 4. The minimum atomic E-state index is -0.00750. The molecule has 3 aromatic rings. The van der Waals surface area contributed by atoms with Crippen molar-refractivity contribution in [3.8, 4) is 22.9 Å².